The van der Waals surface area contributed by atoms with Gasteiger partial charge < -0.3 is 10.3 Å². The Balaban J connectivity index is 1.34. The number of carbonyl (C=O) groups is 1. The highest BCUT2D eigenvalue weighted by molar-refractivity contribution is 8.00. The van der Waals surface area contributed by atoms with E-state index in [0.29, 0.717) is 22.6 Å². The van der Waals surface area contributed by atoms with E-state index in [9.17, 15) is 9.59 Å². The number of aromatic nitrogens is 2. The summed E-state index contributed by atoms with van der Waals surface area (Å²) in [5.74, 6) is 1.41. The summed E-state index contributed by atoms with van der Waals surface area (Å²) in [6, 6.07) is 6.18. The summed E-state index contributed by atoms with van der Waals surface area (Å²) in [6.07, 6.45) is 5.49. The van der Waals surface area contributed by atoms with Crippen LogP contribution >= 0.6 is 34.9 Å². The molecule has 2 aromatic heterocycles. The van der Waals surface area contributed by atoms with E-state index >= 15 is 0 Å². The van der Waals surface area contributed by atoms with Crippen LogP contribution in [0.2, 0.25) is 0 Å². The van der Waals surface area contributed by atoms with Crippen LogP contribution in [0.3, 0.4) is 0 Å². The normalized spacial score (nSPS) is 14.3. The van der Waals surface area contributed by atoms with Crippen LogP contribution in [0.5, 0.6) is 0 Å². The zero-order valence-corrected chi connectivity index (χ0v) is 21.2. The number of aryl methyl sites for hydroxylation is 3. The molecule has 1 amide bonds. The molecule has 0 bridgehead atoms. The minimum Gasteiger partial charge on any atom is -0.325 e. The van der Waals surface area contributed by atoms with Crippen molar-refractivity contribution in [3.8, 4) is 0 Å². The summed E-state index contributed by atoms with van der Waals surface area (Å²) in [4.78, 5) is 36.1. The number of hydrogen-bond donors (Lipinski definition) is 2. The van der Waals surface area contributed by atoms with Gasteiger partial charge in [0, 0.05) is 20.7 Å². The number of carbonyl (C=O) groups excluding carboxylic acids is 1. The number of benzene rings is 1. The van der Waals surface area contributed by atoms with Gasteiger partial charge in [-0.2, -0.15) is 0 Å². The van der Waals surface area contributed by atoms with Gasteiger partial charge in [-0.25, -0.2) is 4.98 Å². The quantitative estimate of drug-likeness (QED) is 0.385. The Hall–Kier alpha value is -1.77. The molecule has 0 fully saturated rings. The average molecular weight is 488 g/mol. The van der Waals surface area contributed by atoms with Gasteiger partial charge in [-0.05, 0) is 68.4 Å². The number of rotatable bonds is 8. The molecule has 4 rings (SSSR count). The molecule has 170 valence electrons. The molecule has 8 heteroatoms. The molecule has 1 atom stereocenters. The molecule has 1 aromatic carbocycles. The Morgan fingerprint density at radius 1 is 1.31 bits per heavy atom. The first kappa shape index (κ1) is 23.4. The molecule has 1 aliphatic rings. The number of H-pyrrole nitrogens is 1. The van der Waals surface area contributed by atoms with E-state index in [1.807, 2.05) is 24.8 Å². The number of amides is 1. The first-order chi connectivity index (χ1) is 15.4. The monoisotopic (exact) mass is 487 g/mol. The Bertz CT molecular complexity index is 1190. The zero-order valence-electron chi connectivity index (χ0n) is 18.7. The molecule has 5 nitrogen and oxygen atoms in total. The summed E-state index contributed by atoms with van der Waals surface area (Å²) in [5, 5.41) is 4.36. The molecular formula is C24H29N3O2S3. The van der Waals surface area contributed by atoms with Gasteiger partial charge in [-0.15, -0.1) is 34.9 Å². The van der Waals surface area contributed by atoms with Gasteiger partial charge in [-0.3, -0.25) is 9.59 Å². The van der Waals surface area contributed by atoms with Crippen molar-refractivity contribution in [3.63, 3.8) is 0 Å². The second kappa shape index (κ2) is 10.4. The van der Waals surface area contributed by atoms with E-state index in [-0.39, 0.29) is 11.5 Å². The van der Waals surface area contributed by atoms with Crippen molar-refractivity contribution in [1.29, 1.82) is 0 Å². The molecule has 32 heavy (non-hydrogen) atoms. The number of thioether (sulfide) groups is 2. The van der Waals surface area contributed by atoms with Gasteiger partial charge in [0.2, 0.25) is 5.91 Å². The topological polar surface area (TPSA) is 74.8 Å². The lowest BCUT2D eigenvalue weighted by atomic mass is 9.97. The molecule has 2 N–H and O–H groups in total. The number of anilines is 1. The molecule has 0 spiro atoms. The van der Waals surface area contributed by atoms with Crippen molar-refractivity contribution in [2.45, 2.75) is 68.8 Å². The number of thiophene rings is 1. The van der Waals surface area contributed by atoms with E-state index < -0.39 is 0 Å². The minimum atomic E-state index is -0.0459. The predicted octanol–water partition coefficient (Wildman–Crippen LogP) is 5.93. The SMILES string of the molecule is CCC(C)Sc1ccc(NC(=O)CSCc2nc3sc4c(c3c(=O)[nH]2)CCCC4)c(C)c1. The van der Waals surface area contributed by atoms with Gasteiger partial charge >= 0.3 is 0 Å². The summed E-state index contributed by atoms with van der Waals surface area (Å²) < 4.78 is 0. The van der Waals surface area contributed by atoms with Gasteiger partial charge in [0.1, 0.15) is 10.7 Å². The Labute approximate surface area is 201 Å². The number of aromatic amines is 1. The first-order valence-corrected chi connectivity index (χ1v) is 14.0. The third-order valence-electron chi connectivity index (χ3n) is 5.73. The maximum atomic E-state index is 12.6. The second-order valence-electron chi connectivity index (χ2n) is 8.26. The molecule has 1 aliphatic carbocycles. The van der Waals surface area contributed by atoms with Crippen LogP contribution in [0.4, 0.5) is 5.69 Å². The predicted molar refractivity (Wildman–Crippen MR) is 138 cm³/mol. The molecule has 2 heterocycles. The highest BCUT2D eigenvalue weighted by Gasteiger charge is 2.19. The fourth-order valence-corrected chi connectivity index (χ4v) is 6.86. The molecule has 0 saturated carbocycles. The lowest BCUT2D eigenvalue weighted by molar-refractivity contribution is -0.113. The van der Waals surface area contributed by atoms with E-state index in [1.54, 1.807) is 11.3 Å². The lowest BCUT2D eigenvalue weighted by Gasteiger charge is -2.12. The van der Waals surface area contributed by atoms with Crippen molar-refractivity contribution in [1.82, 2.24) is 9.97 Å². The lowest BCUT2D eigenvalue weighted by Crippen LogP contribution is -2.16. The third kappa shape index (κ3) is 5.41. The Morgan fingerprint density at radius 3 is 2.91 bits per heavy atom. The minimum absolute atomic E-state index is 0.0413. The standard InChI is InChI=1S/C24H29N3O2S3/c1-4-15(3)31-16-9-10-18(14(2)11-16)25-21(28)13-30-12-20-26-23(29)22-17-7-5-6-8-19(17)32-24(22)27-20/h9-11,15H,4-8,12-13H2,1-3H3,(H,25,28)(H,26,27,29). The Morgan fingerprint density at radius 2 is 2.12 bits per heavy atom. The fraction of sp³-hybridized carbons (Fsp3) is 0.458. The van der Waals surface area contributed by atoms with Crippen molar-refractivity contribution >= 4 is 56.7 Å². The molecule has 0 saturated heterocycles. The maximum absolute atomic E-state index is 12.6. The number of nitrogens with zero attached hydrogens (tertiary/aromatic N) is 1. The maximum Gasteiger partial charge on any atom is 0.259 e. The third-order valence-corrected chi connectivity index (χ3v) is 9.12. The molecule has 3 aromatic rings. The van der Waals surface area contributed by atoms with Crippen molar-refractivity contribution < 1.29 is 4.79 Å². The number of fused-ring (bicyclic) bond motifs is 3. The van der Waals surface area contributed by atoms with Crippen molar-refractivity contribution in [3.05, 3.63) is 50.4 Å². The summed E-state index contributed by atoms with van der Waals surface area (Å²) >= 11 is 4.97. The largest absolute Gasteiger partial charge is 0.325 e. The fourth-order valence-electron chi connectivity index (χ4n) is 3.87. The van der Waals surface area contributed by atoms with Gasteiger partial charge in [0.05, 0.1) is 16.9 Å². The molecule has 1 unspecified atom stereocenters. The second-order valence-corrected chi connectivity index (χ2v) is 11.8. The Kier molecular flexibility index (Phi) is 7.63. The molecular weight excluding hydrogens is 458 g/mol. The highest BCUT2D eigenvalue weighted by Crippen LogP contribution is 2.33. The van der Waals surface area contributed by atoms with Gasteiger partial charge in [0.25, 0.3) is 5.56 Å². The summed E-state index contributed by atoms with van der Waals surface area (Å²) in [5.41, 5.74) is 3.07. The van der Waals surface area contributed by atoms with Gasteiger partial charge in [0.15, 0.2) is 0 Å². The van der Waals surface area contributed by atoms with Crippen LogP contribution in [-0.2, 0) is 23.4 Å². The number of nitrogens with one attached hydrogen (secondary N) is 2. The van der Waals surface area contributed by atoms with Crippen molar-refractivity contribution in [2.24, 2.45) is 0 Å². The van der Waals surface area contributed by atoms with Crippen LogP contribution in [0.25, 0.3) is 10.2 Å². The zero-order chi connectivity index (χ0) is 22.7. The van der Waals surface area contributed by atoms with E-state index in [1.165, 1.54) is 33.5 Å². The van der Waals surface area contributed by atoms with E-state index in [2.05, 4.69) is 41.3 Å². The summed E-state index contributed by atoms with van der Waals surface area (Å²) in [6.45, 7) is 6.43. The molecule has 0 radical (unpaired) electrons. The van der Waals surface area contributed by atoms with Crippen LogP contribution in [0.1, 0.15) is 54.9 Å². The molecule has 0 aliphatic heterocycles. The average Bonchev–Trinajstić information content (AvgIpc) is 3.14. The van der Waals surface area contributed by atoms with Crippen LogP contribution in [-0.4, -0.2) is 26.9 Å². The number of hydrogen-bond acceptors (Lipinski definition) is 6. The van der Waals surface area contributed by atoms with Crippen molar-refractivity contribution in [2.75, 3.05) is 11.1 Å². The van der Waals surface area contributed by atoms with E-state index in [0.717, 1.165) is 47.2 Å². The summed E-state index contributed by atoms with van der Waals surface area (Å²) in [7, 11) is 0. The highest BCUT2D eigenvalue weighted by atomic mass is 32.2. The van der Waals surface area contributed by atoms with Crippen LogP contribution in [0, 0.1) is 6.92 Å². The van der Waals surface area contributed by atoms with Crippen LogP contribution < -0.4 is 10.9 Å². The van der Waals surface area contributed by atoms with Crippen LogP contribution in [0.15, 0.2) is 27.9 Å². The first-order valence-electron chi connectivity index (χ1n) is 11.1. The van der Waals surface area contributed by atoms with E-state index in [4.69, 9.17) is 0 Å². The smallest absolute Gasteiger partial charge is 0.259 e. The van der Waals surface area contributed by atoms with Gasteiger partial charge in [-0.1, -0.05) is 13.8 Å².